The number of rotatable bonds is 10. The third-order valence-corrected chi connectivity index (χ3v) is 6.91. The highest BCUT2D eigenvalue weighted by atomic mass is 32.2. The maximum atomic E-state index is 13.1. The van der Waals surface area contributed by atoms with E-state index in [2.05, 4.69) is 12.2 Å². The number of esters is 1. The molecule has 1 fully saturated rings. The number of carbonyl (C=O) groups is 4. The number of hydrogen-bond donors (Lipinski definition) is 2. The smallest absolute Gasteiger partial charge is 0.352 e. The summed E-state index contributed by atoms with van der Waals surface area (Å²) in [4.78, 5) is 50.9. The molecule has 172 valence electrons. The number of nitrogens with one attached hydrogen (secondary N) is 1. The number of nitrogens with zero attached hydrogens (tertiary/aromatic N) is 1. The molecule has 2 aliphatic rings. The number of carboxylic acids is 1. The molecule has 0 bridgehead atoms. The first-order chi connectivity index (χ1) is 15.3. The van der Waals surface area contributed by atoms with Crippen molar-refractivity contribution in [1.29, 1.82) is 0 Å². The second-order valence-electron chi connectivity index (χ2n) is 7.92. The van der Waals surface area contributed by atoms with Crippen LogP contribution in [0.1, 0.15) is 57.6 Å². The molecule has 3 unspecified atom stereocenters. The van der Waals surface area contributed by atoms with Gasteiger partial charge in [-0.25, -0.2) is 4.79 Å². The van der Waals surface area contributed by atoms with Crippen LogP contribution in [0.15, 0.2) is 41.6 Å². The Morgan fingerprint density at radius 1 is 1.22 bits per heavy atom. The predicted octanol–water partition coefficient (Wildman–Crippen LogP) is 3.00. The predicted molar refractivity (Wildman–Crippen MR) is 119 cm³/mol. The van der Waals surface area contributed by atoms with Gasteiger partial charge in [0, 0.05) is 17.7 Å². The van der Waals surface area contributed by atoms with E-state index in [1.807, 2.05) is 0 Å². The number of unbranched alkanes of at least 4 members (excludes halogenated alkanes) is 3. The van der Waals surface area contributed by atoms with Crippen molar-refractivity contribution in [2.24, 2.45) is 0 Å². The number of amides is 2. The van der Waals surface area contributed by atoms with Gasteiger partial charge in [0.25, 0.3) is 11.8 Å². The minimum absolute atomic E-state index is 0.0256. The van der Waals surface area contributed by atoms with Gasteiger partial charge >= 0.3 is 11.9 Å². The van der Waals surface area contributed by atoms with Crippen molar-refractivity contribution >= 4 is 35.5 Å². The zero-order chi connectivity index (χ0) is 23.3. The molecule has 1 aromatic rings. The van der Waals surface area contributed by atoms with E-state index in [1.165, 1.54) is 16.7 Å². The van der Waals surface area contributed by atoms with Crippen molar-refractivity contribution in [1.82, 2.24) is 10.2 Å². The summed E-state index contributed by atoms with van der Waals surface area (Å²) >= 11 is 1.39. The Kier molecular flexibility index (Phi) is 7.95. The number of hydrogen-bond acceptors (Lipinski definition) is 6. The van der Waals surface area contributed by atoms with Crippen LogP contribution < -0.4 is 5.32 Å². The molecule has 3 atom stereocenters. The molecule has 9 heteroatoms. The molecular weight excluding hydrogens is 432 g/mol. The summed E-state index contributed by atoms with van der Waals surface area (Å²) in [5.41, 5.74) is 1.09. The normalized spacial score (nSPS) is 20.8. The lowest BCUT2D eigenvalue weighted by Gasteiger charge is -2.49. The number of fused-ring (bicyclic) bond motifs is 1. The average molecular weight is 461 g/mol. The molecule has 0 saturated carbocycles. The first-order valence-electron chi connectivity index (χ1n) is 10.8. The van der Waals surface area contributed by atoms with E-state index in [-0.39, 0.29) is 12.1 Å². The molecule has 1 aromatic carbocycles. The number of thioether (sulfide) groups is 1. The van der Waals surface area contributed by atoms with Crippen LogP contribution in [0.25, 0.3) is 0 Å². The largest absolute Gasteiger partial charge is 0.477 e. The van der Waals surface area contributed by atoms with Crippen LogP contribution in [0.2, 0.25) is 0 Å². The van der Waals surface area contributed by atoms with Crippen LogP contribution in [0.5, 0.6) is 0 Å². The number of benzene rings is 1. The minimum atomic E-state index is -1.18. The number of β-lactam (4-membered cyclic amide) rings is 1. The summed E-state index contributed by atoms with van der Waals surface area (Å²) in [6.07, 6.45) is 2.72. The van der Waals surface area contributed by atoms with Crippen molar-refractivity contribution in [3.8, 4) is 0 Å². The third-order valence-electron chi connectivity index (χ3n) is 5.48. The van der Waals surface area contributed by atoms with Crippen LogP contribution >= 0.6 is 11.8 Å². The quantitative estimate of drug-likeness (QED) is 0.313. The van der Waals surface area contributed by atoms with Gasteiger partial charge in [-0.3, -0.25) is 19.3 Å². The molecule has 3 rings (SSSR count). The summed E-state index contributed by atoms with van der Waals surface area (Å²) in [6, 6.07) is 7.78. The summed E-state index contributed by atoms with van der Waals surface area (Å²) in [5, 5.41) is 11.6. The van der Waals surface area contributed by atoms with E-state index in [0.29, 0.717) is 23.3 Å². The first-order valence-corrected chi connectivity index (χ1v) is 11.8. The van der Waals surface area contributed by atoms with E-state index in [1.54, 1.807) is 37.3 Å². The van der Waals surface area contributed by atoms with Crippen molar-refractivity contribution in [3.63, 3.8) is 0 Å². The molecule has 2 N–H and O–H groups in total. The number of carbonyl (C=O) groups excluding carboxylic acids is 3. The fourth-order valence-corrected chi connectivity index (χ4v) is 5.08. The zero-order valence-electron chi connectivity index (χ0n) is 18.2. The van der Waals surface area contributed by atoms with E-state index >= 15 is 0 Å². The fraction of sp³-hybridized carbons (Fsp3) is 0.478. The zero-order valence-corrected chi connectivity index (χ0v) is 19.0. The van der Waals surface area contributed by atoms with Crippen molar-refractivity contribution < 1.29 is 29.0 Å². The number of aliphatic carboxylic acids is 1. The monoisotopic (exact) mass is 460 g/mol. The Labute approximate surface area is 191 Å². The Hall–Kier alpha value is -2.81. The minimum Gasteiger partial charge on any atom is -0.477 e. The van der Waals surface area contributed by atoms with E-state index in [9.17, 15) is 24.3 Å². The lowest BCUT2D eigenvalue weighted by molar-refractivity contribution is -0.159. The fourth-order valence-electron chi connectivity index (χ4n) is 3.79. The van der Waals surface area contributed by atoms with Crippen LogP contribution in [-0.4, -0.2) is 50.9 Å². The summed E-state index contributed by atoms with van der Waals surface area (Å²) in [5.74, 6) is -2.25. The van der Waals surface area contributed by atoms with Crippen molar-refractivity contribution in [3.05, 3.63) is 47.2 Å². The topological polar surface area (TPSA) is 113 Å². The molecule has 0 aromatic heterocycles. The van der Waals surface area contributed by atoms with Crippen molar-refractivity contribution in [2.45, 2.75) is 63.5 Å². The molecule has 0 radical (unpaired) electrons. The molecule has 0 spiro atoms. The highest BCUT2D eigenvalue weighted by Gasteiger charge is 2.54. The molecule has 2 aliphatic heterocycles. The lowest BCUT2D eigenvalue weighted by atomic mass is 10.0. The highest BCUT2D eigenvalue weighted by Crippen LogP contribution is 2.40. The standard InChI is InChI=1S/C23H28N2O6S/c1-3-4-5-9-12-16(26)31-19(15-10-7-6-8-11-15)20(27)24-17-21(28)25-18(23(29)30)14(2)13-32-22(17)25/h6-8,10-11,17,19,22H,3-5,9,12-13H2,1-2H3,(H,24,27)(H,29,30). The van der Waals surface area contributed by atoms with Crippen molar-refractivity contribution in [2.75, 3.05) is 5.75 Å². The van der Waals surface area contributed by atoms with Gasteiger partial charge in [-0.05, 0) is 18.9 Å². The van der Waals surface area contributed by atoms with Gasteiger partial charge in [0.1, 0.15) is 17.1 Å². The van der Waals surface area contributed by atoms with Crippen LogP contribution in [-0.2, 0) is 23.9 Å². The summed E-state index contributed by atoms with van der Waals surface area (Å²) in [6.45, 7) is 3.76. The Morgan fingerprint density at radius 2 is 1.94 bits per heavy atom. The Morgan fingerprint density at radius 3 is 2.59 bits per heavy atom. The average Bonchev–Trinajstić information content (AvgIpc) is 2.78. The number of carboxylic acid groups (broad SMARTS) is 1. The van der Waals surface area contributed by atoms with E-state index in [0.717, 1.165) is 19.3 Å². The second kappa shape index (κ2) is 10.7. The van der Waals surface area contributed by atoms with Gasteiger partial charge in [0.2, 0.25) is 6.10 Å². The lowest BCUT2D eigenvalue weighted by Crippen LogP contribution is -2.70. The maximum absolute atomic E-state index is 13.1. The Bertz CT molecular complexity index is 916. The molecule has 0 aliphatic carbocycles. The maximum Gasteiger partial charge on any atom is 0.352 e. The molecule has 8 nitrogen and oxygen atoms in total. The molecule has 32 heavy (non-hydrogen) atoms. The highest BCUT2D eigenvalue weighted by molar-refractivity contribution is 8.00. The molecule has 2 amide bonds. The molecule has 2 heterocycles. The van der Waals surface area contributed by atoms with Gasteiger partial charge in [0.15, 0.2) is 0 Å². The van der Waals surface area contributed by atoms with Crippen LogP contribution in [0.4, 0.5) is 0 Å². The SMILES string of the molecule is CCCCCCC(=O)OC(C(=O)NC1C(=O)N2C(C(=O)O)=C(C)CSC12)c1ccccc1. The summed E-state index contributed by atoms with van der Waals surface area (Å²) < 4.78 is 5.51. The van der Waals surface area contributed by atoms with Gasteiger partial charge in [-0.2, -0.15) is 0 Å². The summed E-state index contributed by atoms with van der Waals surface area (Å²) in [7, 11) is 0. The van der Waals surface area contributed by atoms with E-state index < -0.39 is 41.3 Å². The van der Waals surface area contributed by atoms with E-state index in [4.69, 9.17) is 4.74 Å². The van der Waals surface area contributed by atoms with Gasteiger partial charge < -0.3 is 15.2 Å². The second-order valence-corrected chi connectivity index (χ2v) is 9.03. The van der Waals surface area contributed by atoms with Gasteiger partial charge in [0.05, 0.1) is 0 Å². The molecule has 1 saturated heterocycles. The number of ether oxygens (including phenoxy) is 1. The van der Waals surface area contributed by atoms with Gasteiger partial charge in [-0.1, -0.05) is 56.5 Å². The van der Waals surface area contributed by atoms with Gasteiger partial charge in [-0.15, -0.1) is 11.8 Å². The third kappa shape index (κ3) is 5.15. The first kappa shape index (κ1) is 23.8. The molecular formula is C23H28N2O6S. The Balaban J connectivity index is 1.69. The van der Waals surface area contributed by atoms with Crippen LogP contribution in [0.3, 0.4) is 0 Å². The van der Waals surface area contributed by atoms with Crippen LogP contribution in [0, 0.1) is 0 Å².